The van der Waals surface area contributed by atoms with E-state index in [2.05, 4.69) is 46.5 Å². The van der Waals surface area contributed by atoms with Crippen molar-refractivity contribution < 1.29 is 67.3 Å². The largest absolute Gasteiger partial charge is 0.480 e. The number of nitrogen functional groups attached to an aromatic ring is 1. The number of aromatic nitrogens is 4. The van der Waals surface area contributed by atoms with Gasteiger partial charge in [-0.3, -0.25) is 57.8 Å². The Morgan fingerprint density at radius 1 is 0.712 bits per heavy atom. The van der Waals surface area contributed by atoms with E-state index in [4.69, 9.17) is 20.9 Å². The number of carbonyl (C=O) groups excluding carboxylic acids is 10. The fourth-order valence-corrected chi connectivity index (χ4v) is 14.9. The predicted octanol–water partition coefficient (Wildman–Crippen LogP) is 7.06. The first kappa shape index (κ1) is 90.0. The van der Waals surface area contributed by atoms with Crippen molar-refractivity contribution in [2.75, 3.05) is 66.0 Å². The van der Waals surface area contributed by atoms with Gasteiger partial charge in [0.15, 0.2) is 22.7 Å². The Labute approximate surface area is 651 Å². The lowest BCUT2D eigenvalue weighted by Crippen LogP contribution is -2.54. The Kier molecular flexibility index (Phi) is 35.4. The van der Waals surface area contributed by atoms with Crippen LogP contribution < -0.4 is 43.6 Å². The van der Waals surface area contributed by atoms with Gasteiger partial charge in [0, 0.05) is 108 Å². The molecule has 12 atom stereocenters. The molecular weight excluding hydrogens is 1420 g/mol. The van der Waals surface area contributed by atoms with Crippen molar-refractivity contribution in [1.29, 1.82) is 0 Å². The number of Topliss-reactive ketones (excluding diaryl/α,β-unsaturated/α-hetero) is 4. The van der Waals surface area contributed by atoms with Gasteiger partial charge in [0.05, 0.1) is 61.2 Å². The minimum atomic E-state index is -1.46. The topological polar surface area (TPSA) is 420 Å². The Hall–Kier alpha value is -9.87. The van der Waals surface area contributed by atoms with Gasteiger partial charge in [-0.15, -0.1) is 0 Å². The van der Waals surface area contributed by atoms with Crippen molar-refractivity contribution in [2.24, 2.45) is 53.1 Å². The number of rotatable bonds is 47. The minimum Gasteiger partial charge on any atom is -0.480 e. The molecule has 3 aromatic carbocycles. The molecule has 6 rings (SSSR count). The van der Waals surface area contributed by atoms with Gasteiger partial charge in [0.25, 0.3) is 11.5 Å². The number of ketones is 4. The lowest BCUT2D eigenvalue weighted by atomic mass is 9.83. The summed E-state index contributed by atoms with van der Waals surface area (Å²) in [6.45, 7) is 18.2. The van der Waals surface area contributed by atoms with Crippen LogP contribution in [0.5, 0.6) is 0 Å². The second kappa shape index (κ2) is 43.7. The number of aromatic amines is 1. The molecule has 1 saturated heterocycles. The van der Waals surface area contributed by atoms with Gasteiger partial charge in [-0.2, -0.15) is 4.98 Å². The molecule has 1 fully saturated rings. The lowest BCUT2D eigenvalue weighted by Gasteiger charge is -2.41. The fourth-order valence-electron chi connectivity index (χ4n) is 14.9. The smallest absolute Gasteiger partial charge is 0.326 e. The number of carbonyl (C=O) groups is 11. The van der Waals surface area contributed by atoms with Gasteiger partial charge in [-0.1, -0.05) is 123 Å². The van der Waals surface area contributed by atoms with E-state index in [0.717, 1.165) is 11.1 Å². The molecule has 0 spiro atoms. The van der Waals surface area contributed by atoms with Gasteiger partial charge < -0.3 is 62.4 Å². The van der Waals surface area contributed by atoms with E-state index in [1.54, 1.807) is 69.0 Å². The minimum absolute atomic E-state index is 0.00668. The number of primary amides is 1. The third-order valence-electron chi connectivity index (χ3n) is 21.4. The van der Waals surface area contributed by atoms with Crippen molar-refractivity contribution in [3.05, 3.63) is 123 Å². The van der Waals surface area contributed by atoms with Gasteiger partial charge >= 0.3 is 12.0 Å². The number of likely N-dealkylation sites (N-methyl/N-ethyl adjacent to an activating group) is 2. The SMILES string of the molecule is CC[C@H](C)C(C(CC(=O)N1CCCC1C(OC)C(C)C(=O)C[C@@H](Cc1ccccc1)C(=O)NCCc1ccc(CC(=O)[C@@H](CCCNC(N)=O)NC(=O)[C@H](CC(=O)CC[C@H](NC(=O)c2ccc(NCc3cnc4nc(N)[nH]c(=O)c4n3)cc2)C(=O)O)C(C)C)cc1)OC)N(C)C(=O)[C@@H](CC(=O)C(C(C)C)N(C)C)C(C)C. The first-order valence-electron chi connectivity index (χ1n) is 38.7. The van der Waals surface area contributed by atoms with Crippen LogP contribution in [0.3, 0.4) is 0 Å². The number of amides is 7. The predicted molar refractivity (Wildman–Crippen MR) is 422 cm³/mol. The van der Waals surface area contributed by atoms with E-state index in [-0.39, 0.29) is 165 Å². The van der Waals surface area contributed by atoms with Gasteiger partial charge in [0.2, 0.25) is 29.6 Å². The fraction of sp³-hybridized carbons (Fsp3) is 0.573. The number of aliphatic carboxylic acids is 1. The van der Waals surface area contributed by atoms with Crippen molar-refractivity contribution >= 4 is 87.5 Å². The molecule has 0 saturated carbocycles. The summed E-state index contributed by atoms with van der Waals surface area (Å²) >= 11 is 0. The quantitative estimate of drug-likeness (QED) is 0.0176. The number of methoxy groups -OCH3 is 2. The lowest BCUT2D eigenvalue weighted by molar-refractivity contribution is -0.149. The molecule has 111 heavy (non-hydrogen) atoms. The van der Waals surface area contributed by atoms with Crippen LogP contribution in [-0.4, -0.2) is 202 Å². The highest BCUT2D eigenvalue weighted by Crippen LogP contribution is 2.33. The molecule has 0 aliphatic carbocycles. The molecule has 3 heterocycles. The van der Waals surface area contributed by atoms with Crippen LogP contribution in [0.4, 0.5) is 16.4 Å². The molecule has 29 heteroatoms. The molecule has 1 aliphatic rings. The van der Waals surface area contributed by atoms with Crippen molar-refractivity contribution in [1.82, 2.24) is 55.9 Å². The third kappa shape index (κ3) is 26.7. The zero-order chi connectivity index (χ0) is 81.9. The number of likely N-dealkylation sites (tertiary alicyclic amines) is 1. The second-order valence-corrected chi connectivity index (χ2v) is 30.7. The number of fused-ring (bicyclic) bond motifs is 1. The van der Waals surface area contributed by atoms with Crippen molar-refractivity contribution in [3.63, 3.8) is 0 Å². The molecule has 2 aromatic heterocycles. The number of nitrogens with one attached hydrogen (secondary N) is 6. The van der Waals surface area contributed by atoms with Crippen molar-refractivity contribution in [3.8, 4) is 0 Å². The van der Waals surface area contributed by atoms with E-state index in [1.165, 1.54) is 25.4 Å². The number of nitrogens with two attached hydrogens (primary N) is 2. The summed E-state index contributed by atoms with van der Waals surface area (Å²) in [4.78, 5) is 184. The molecule has 29 nitrogen and oxygen atoms in total. The second-order valence-electron chi connectivity index (χ2n) is 30.7. The van der Waals surface area contributed by atoms with E-state index >= 15 is 0 Å². The maximum Gasteiger partial charge on any atom is 0.326 e. The van der Waals surface area contributed by atoms with Crippen LogP contribution >= 0.6 is 0 Å². The van der Waals surface area contributed by atoms with E-state index in [1.807, 2.05) is 103 Å². The Balaban J connectivity index is 1.03. The standard InChI is InChI=1S/C82H118N14O15/c1-15-50(8)72(95(12)79(106)61(48(4)5)43-67(100)71(49(6)7)94(10)11)68(110-13)44-69(101)96-38-20-24-64(96)73(111-14)51(9)65(98)41-56(39-53-21-17-16-18-22-53)75(102)85-37-35-52-25-27-54(28-26-52)40-66(99)62(23-19-36-86-82(84)109)90-77(104)60(47(2)3)42-59(97)33-34-63(80(107)108)91-76(103)55-29-31-57(32-30-55)87-45-58-46-88-74-70(89-58)78(105)93-81(83)92-74/h16-18,21-22,25-32,46-51,56,60-64,68,71-73,87H,15,19-20,23-24,33-45H2,1-14H3,(H,85,102)(H,90,104)(H,91,103)(H,107,108)(H3,84,86,109)(H3,83,88,92,93,105)/t50-,51?,56+,60+,61-,62+,63-,64?,68?,71?,72?,73?/m0/s1. The summed E-state index contributed by atoms with van der Waals surface area (Å²) in [7, 11) is 8.58. The summed E-state index contributed by atoms with van der Waals surface area (Å²) in [6, 6.07) is 18.2. The number of H-pyrrole nitrogens is 1. The van der Waals surface area contributed by atoms with Crippen LogP contribution in [0.2, 0.25) is 0 Å². The summed E-state index contributed by atoms with van der Waals surface area (Å²) in [5.41, 5.74) is 13.9. The van der Waals surface area contributed by atoms with E-state index < -0.39 is 101 Å². The zero-order valence-electron chi connectivity index (χ0n) is 67.0. The number of hydrogen-bond acceptors (Lipinski definition) is 20. The number of anilines is 2. The van der Waals surface area contributed by atoms with E-state index in [9.17, 15) is 62.6 Å². The number of ether oxygens (including phenoxy) is 2. The van der Waals surface area contributed by atoms with Crippen LogP contribution in [0.15, 0.2) is 89.9 Å². The molecule has 5 aromatic rings. The average Bonchev–Trinajstić information content (AvgIpc) is 1.80. The maximum absolute atomic E-state index is 14.7. The number of carboxylic acid groups (broad SMARTS) is 1. The van der Waals surface area contributed by atoms with Gasteiger partial charge in [-0.05, 0) is 124 Å². The van der Waals surface area contributed by atoms with Crippen LogP contribution in [-0.2, 0) is 78.4 Å². The number of nitrogens with zero attached hydrogens (tertiary/aromatic N) is 6. The third-order valence-corrected chi connectivity index (χ3v) is 21.4. The molecule has 1 aliphatic heterocycles. The normalized spacial score (nSPS) is 16.0. The molecule has 606 valence electrons. The van der Waals surface area contributed by atoms with Gasteiger partial charge in [0.1, 0.15) is 17.6 Å². The molecular formula is C82H118N14O15. The first-order chi connectivity index (χ1) is 52.7. The highest BCUT2D eigenvalue weighted by molar-refractivity contribution is 5.97. The monoisotopic (exact) mass is 1540 g/mol. The molecule has 0 bridgehead atoms. The van der Waals surface area contributed by atoms with Crippen LogP contribution in [0.25, 0.3) is 11.2 Å². The highest BCUT2D eigenvalue weighted by atomic mass is 16.5. The number of carboxylic acids is 1. The molecule has 6 unspecified atom stereocenters. The summed E-state index contributed by atoms with van der Waals surface area (Å²) < 4.78 is 12.3. The first-order valence-corrected chi connectivity index (χ1v) is 38.7. The number of urea groups is 1. The van der Waals surface area contributed by atoms with Crippen molar-refractivity contribution in [2.45, 2.75) is 201 Å². The van der Waals surface area contributed by atoms with Gasteiger partial charge in [-0.25, -0.2) is 19.6 Å². The Morgan fingerprint density at radius 3 is 1.98 bits per heavy atom. The number of hydrogen-bond donors (Lipinski definition) is 9. The van der Waals surface area contributed by atoms with Crippen LogP contribution in [0.1, 0.15) is 166 Å². The number of benzene rings is 3. The summed E-state index contributed by atoms with van der Waals surface area (Å²) in [5, 5.41) is 24.1. The van der Waals surface area contributed by atoms with Crippen LogP contribution in [0, 0.1) is 47.3 Å². The summed E-state index contributed by atoms with van der Waals surface area (Å²) in [6.07, 6.45) is 2.06. The zero-order valence-corrected chi connectivity index (χ0v) is 67.0. The highest BCUT2D eigenvalue weighted by Gasteiger charge is 2.44. The maximum atomic E-state index is 14.7. The Bertz CT molecular complexity index is 4020. The molecule has 11 N–H and O–H groups in total. The molecule has 0 radical (unpaired) electrons. The van der Waals surface area contributed by atoms with E-state index in [0.29, 0.717) is 49.2 Å². The Morgan fingerprint density at radius 2 is 1.38 bits per heavy atom. The molecule has 7 amide bonds. The summed E-state index contributed by atoms with van der Waals surface area (Å²) in [5.74, 6) is -7.93. The average molecular weight is 1540 g/mol.